The summed E-state index contributed by atoms with van der Waals surface area (Å²) in [5.41, 5.74) is 3.11. The Bertz CT molecular complexity index is 1410. The van der Waals surface area contributed by atoms with Gasteiger partial charge in [-0.15, -0.1) is 0 Å². The van der Waals surface area contributed by atoms with Crippen molar-refractivity contribution in [2.75, 3.05) is 0 Å². The number of aromatic nitrogens is 6. The Hall–Kier alpha value is -3.74. The van der Waals surface area contributed by atoms with E-state index in [1.54, 1.807) is 6.07 Å². The molecule has 3 aromatic heterocycles. The minimum atomic E-state index is -0.122. The molecule has 0 bridgehead atoms. The highest BCUT2D eigenvalue weighted by Crippen LogP contribution is 2.23. The lowest BCUT2D eigenvalue weighted by Gasteiger charge is -2.03. The summed E-state index contributed by atoms with van der Waals surface area (Å²) in [5, 5.41) is 9.88. The van der Waals surface area contributed by atoms with Crippen LogP contribution in [0.25, 0.3) is 27.7 Å². The molecule has 0 spiro atoms. The molecule has 3 heterocycles. The normalized spacial score (nSPS) is 11.5. The zero-order chi connectivity index (χ0) is 20.0. The topological polar surface area (TPSA) is 80.9 Å². The average molecular weight is 384 g/mol. The van der Waals surface area contributed by atoms with Crippen molar-refractivity contribution in [3.63, 3.8) is 0 Å². The van der Waals surface area contributed by atoms with Crippen molar-refractivity contribution in [2.45, 2.75) is 26.8 Å². The second-order valence-corrected chi connectivity index (χ2v) is 7.19. The lowest BCUT2D eigenvalue weighted by Crippen LogP contribution is -2.16. The summed E-state index contributed by atoms with van der Waals surface area (Å²) < 4.78 is 3.33. The average Bonchev–Trinajstić information content (AvgIpc) is 3.29. The Balaban J connectivity index is 1.48. The molecule has 0 amide bonds. The van der Waals surface area contributed by atoms with E-state index < -0.39 is 0 Å². The molecule has 0 saturated heterocycles. The fourth-order valence-electron chi connectivity index (χ4n) is 3.67. The van der Waals surface area contributed by atoms with Crippen LogP contribution in [0.5, 0.6) is 0 Å². The van der Waals surface area contributed by atoms with Gasteiger partial charge in [-0.05, 0) is 30.7 Å². The molecule has 0 aliphatic rings. The minimum Gasteiger partial charge on any atom is -0.289 e. The first-order valence-corrected chi connectivity index (χ1v) is 9.56. The quantitative estimate of drug-likeness (QED) is 0.516. The number of fused-ring (bicyclic) bond motifs is 2. The number of nitrogens with one attached hydrogen (secondary N) is 1. The predicted octanol–water partition coefficient (Wildman–Crippen LogP) is 3.29. The fraction of sp³-hybridized carbons (Fsp3) is 0.182. The number of hydrogen-bond acceptors (Lipinski definition) is 4. The first-order chi connectivity index (χ1) is 14.1. The summed E-state index contributed by atoms with van der Waals surface area (Å²) in [5.74, 6) is 1.61. The standard InChI is InChI=1S/C22H20N6O/c1-14-23-15(2)27(25-14)10-9-19-12-22(29)28-21(24-19)13-20(26-28)18-8-7-16-5-3-4-6-17(16)11-18/h3-8,11-13,26H,9-10H2,1-2H3. The van der Waals surface area contributed by atoms with Gasteiger partial charge in [-0.1, -0.05) is 36.4 Å². The monoisotopic (exact) mass is 384 g/mol. The molecule has 29 heavy (non-hydrogen) atoms. The first kappa shape index (κ1) is 17.4. The summed E-state index contributed by atoms with van der Waals surface area (Å²) in [6, 6.07) is 18.0. The SMILES string of the molecule is Cc1nc(C)n(CCc2cc(=O)n3[nH]c(-c4ccc5ccccc5c4)cc3n2)n1. The van der Waals surface area contributed by atoms with Gasteiger partial charge >= 0.3 is 0 Å². The van der Waals surface area contributed by atoms with Crippen molar-refractivity contribution in [2.24, 2.45) is 0 Å². The van der Waals surface area contributed by atoms with Crippen LogP contribution >= 0.6 is 0 Å². The predicted molar refractivity (Wildman–Crippen MR) is 112 cm³/mol. The third kappa shape index (κ3) is 3.20. The summed E-state index contributed by atoms with van der Waals surface area (Å²) in [6.45, 7) is 4.43. The third-order valence-corrected chi connectivity index (χ3v) is 5.11. The van der Waals surface area contributed by atoms with Crippen LogP contribution in [-0.2, 0) is 13.0 Å². The fourth-order valence-corrected chi connectivity index (χ4v) is 3.67. The maximum absolute atomic E-state index is 12.6. The van der Waals surface area contributed by atoms with Gasteiger partial charge in [-0.25, -0.2) is 19.2 Å². The summed E-state index contributed by atoms with van der Waals surface area (Å²) in [4.78, 5) is 21.6. The molecule has 7 heteroatoms. The molecular formula is C22H20N6O. The van der Waals surface area contributed by atoms with E-state index in [9.17, 15) is 4.79 Å². The van der Waals surface area contributed by atoms with Gasteiger partial charge in [-0.2, -0.15) is 5.10 Å². The van der Waals surface area contributed by atoms with Gasteiger partial charge in [-0.3, -0.25) is 9.89 Å². The number of rotatable bonds is 4. The van der Waals surface area contributed by atoms with Crippen molar-refractivity contribution in [1.82, 2.24) is 29.4 Å². The second kappa shape index (κ2) is 6.70. The highest BCUT2D eigenvalue weighted by atomic mass is 16.1. The highest BCUT2D eigenvalue weighted by Gasteiger charge is 2.10. The molecule has 0 fully saturated rings. The molecule has 0 saturated carbocycles. The van der Waals surface area contributed by atoms with Crippen LogP contribution in [0, 0.1) is 13.8 Å². The van der Waals surface area contributed by atoms with E-state index in [0.29, 0.717) is 18.6 Å². The van der Waals surface area contributed by atoms with Crippen LogP contribution in [0.3, 0.4) is 0 Å². The van der Waals surface area contributed by atoms with Crippen molar-refractivity contribution < 1.29 is 0 Å². The number of benzene rings is 2. The van der Waals surface area contributed by atoms with Gasteiger partial charge in [0.25, 0.3) is 5.56 Å². The number of hydrogen-bond donors (Lipinski definition) is 1. The Morgan fingerprint density at radius 2 is 1.79 bits per heavy atom. The zero-order valence-electron chi connectivity index (χ0n) is 16.3. The molecule has 1 N–H and O–H groups in total. The molecule has 144 valence electrons. The molecular weight excluding hydrogens is 364 g/mol. The van der Waals surface area contributed by atoms with Gasteiger partial charge in [0.1, 0.15) is 11.6 Å². The highest BCUT2D eigenvalue weighted by molar-refractivity contribution is 5.87. The van der Waals surface area contributed by atoms with E-state index >= 15 is 0 Å². The van der Waals surface area contributed by atoms with Crippen LogP contribution in [-0.4, -0.2) is 29.4 Å². The molecule has 0 atom stereocenters. The summed E-state index contributed by atoms with van der Waals surface area (Å²) >= 11 is 0. The second-order valence-electron chi connectivity index (χ2n) is 7.19. The van der Waals surface area contributed by atoms with Gasteiger partial charge in [0, 0.05) is 30.7 Å². The lowest BCUT2D eigenvalue weighted by atomic mass is 10.1. The van der Waals surface area contributed by atoms with Crippen LogP contribution in [0.1, 0.15) is 17.3 Å². The Kier molecular flexibility index (Phi) is 4.01. The van der Waals surface area contributed by atoms with Gasteiger partial charge in [0.15, 0.2) is 5.65 Å². The van der Waals surface area contributed by atoms with E-state index in [1.165, 1.54) is 9.90 Å². The Labute approximate surface area is 166 Å². The largest absolute Gasteiger partial charge is 0.289 e. The number of aromatic amines is 1. The van der Waals surface area contributed by atoms with Crippen molar-refractivity contribution in [3.05, 3.63) is 82.3 Å². The summed E-state index contributed by atoms with van der Waals surface area (Å²) in [7, 11) is 0. The Morgan fingerprint density at radius 3 is 2.59 bits per heavy atom. The van der Waals surface area contributed by atoms with Crippen LogP contribution in [0.2, 0.25) is 0 Å². The Morgan fingerprint density at radius 1 is 0.966 bits per heavy atom. The van der Waals surface area contributed by atoms with Gasteiger partial charge < -0.3 is 0 Å². The van der Waals surface area contributed by atoms with Crippen molar-refractivity contribution in [1.29, 1.82) is 0 Å². The number of aryl methyl sites for hydroxylation is 4. The molecule has 0 aliphatic carbocycles. The van der Waals surface area contributed by atoms with Crippen molar-refractivity contribution in [3.8, 4) is 11.3 Å². The summed E-state index contributed by atoms with van der Waals surface area (Å²) in [6.07, 6.45) is 0.617. The molecule has 0 unspecified atom stereocenters. The van der Waals surface area contributed by atoms with Crippen LogP contribution < -0.4 is 5.56 Å². The van der Waals surface area contributed by atoms with E-state index in [2.05, 4.69) is 50.5 Å². The van der Waals surface area contributed by atoms with Gasteiger partial charge in [0.05, 0.1) is 11.4 Å². The zero-order valence-corrected chi connectivity index (χ0v) is 16.3. The molecule has 0 radical (unpaired) electrons. The van der Waals surface area contributed by atoms with Gasteiger partial charge in [0.2, 0.25) is 0 Å². The van der Waals surface area contributed by atoms with Crippen molar-refractivity contribution >= 4 is 16.4 Å². The number of nitrogens with zero attached hydrogens (tertiary/aromatic N) is 5. The smallest absolute Gasteiger partial charge is 0.272 e. The van der Waals surface area contributed by atoms with E-state index in [1.807, 2.05) is 36.7 Å². The molecule has 7 nitrogen and oxygen atoms in total. The van der Waals surface area contributed by atoms with Crippen LogP contribution in [0.15, 0.2) is 59.4 Å². The molecule has 5 aromatic rings. The van der Waals surface area contributed by atoms with E-state index in [4.69, 9.17) is 0 Å². The number of H-pyrrole nitrogens is 1. The van der Waals surface area contributed by atoms with E-state index in [0.717, 1.165) is 34.0 Å². The molecule has 2 aromatic carbocycles. The molecule has 5 rings (SSSR count). The van der Waals surface area contributed by atoms with E-state index in [-0.39, 0.29) is 5.56 Å². The minimum absolute atomic E-state index is 0.122. The van der Waals surface area contributed by atoms with Crippen LogP contribution in [0.4, 0.5) is 0 Å². The first-order valence-electron chi connectivity index (χ1n) is 9.56. The molecule has 0 aliphatic heterocycles. The third-order valence-electron chi connectivity index (χ3n) is 5.11. The lowest BCUT2D eigenvalue weighted by molar-refractivity contribution is 0.585. The maximum Gasteiger partial charge on any atom is 0.272 e. The maximum atomic E-state index is 12.6.